The maximum atomic E-state index is 13.1. The third kappa shape index (κ3) is 4.44. The molecule has 0 saturated carbocycles. The third-order valence-corrected chi connectivity index (χ3v) is 4.32. The van der Waals surface area contributed by atoms with Crippen molar-refractivity contribution >= 4 is 11.9 Å². The molecule has 0 aliphatic carbocycles. The van der Waals surface area contributed by atoms with Gasteiger partial charge in [-0.3, -0.25) is 4.79 Å². The molecule has 7 heteroatoms. The van der Waals surface area contributed by atoms with Crippen LogP contribution in [0.2, 0.25) is 0 Å². The second kappa shape index (κ2) is 7.49. The monoisotopic (exact) mass is 365 g/mol. The van der Waals surface area contributed by atoms with Gasteiger partial charge in [-0.05, 0) is 29.8 Å². The van der Waals surface area contributed by atoms with Gasteiger partial charge in [-0.15, -0.1) is 10.2 Å². The zero-order chi connectivity index (χ0) is 19.4. The number of nitrogens with two attached hydrogens (primary N) is 1. The van der Waals surface area contributed by atoms with Gasteiger partial charge in [-0.1, -0.05) is 38.1 Å². The Kier molecular flexibility index (Phi) is 5.12. The summed E-state index contributed by atoms with van der Waals surface area (Å²) in [7, 11) is 0. The minimum absolute atomic E-state index is 0.244. The van der Waals surface area contributed by atoms with Gasteiger partial charge in [0, 0.05) is 23.1 Å². The van der Waals surface area contributed by atoms with Crippen molar-refractivity contribution in [3.63, 3.8) is 0 Å². The van der Waals surface area contributed by atoms with Gasteiger partial charge in [0.2, 0.25) is 11.9 Å². The Labute approximate surface area is 156 Å². The summed E-state index contributed by atoms with van der Waals surface area (Å²) in [5, 5.41) is 11.4. The van der Waals surface area contributed by atoms with E-state index in [1.807, 2.05) is 19.9 Å². The van der Waals surface area contributed by atoms with E-state index >= 15 is 0 Å². The molecule has 27 heavy (non-hydrogen) atoms. The minimum Gasteiger partial charge on any atom is -0.366 e. The molecule has 138 valence electrons. The molecular formula is C20H20FN5O. The van der Waals surface area contributed by atoms with Crippen molar-refractivity contribution < 1.29 is 9.18 Å². The predicted octanol–water partition coefficient (Wildman–Crippen LogP) is 3.17. The van der Waals surface area contributed by atoms with Crippen molar-refractivity contribution in [2.45, 2.75) is 19.3 Å². The molecule has 0 aliphatic heterocycles. The zero-order valence-electron chi connectivity index (χ0n) is 15.1. The highest BCUT2D eigenvalue weighted by molar-refractivity contribution is 5.93. The number of nitrogens with one attached hydrogen (secondary N) is 1. The zero-order valence-corrected chi connectivity index (χ0v) is 15.1. The fourth-order valence-electron chi connectivity index (χ4n) is 2.62. The lowest BCUT2D eigenvalue weighted by atomic mass is 9.84. The summed E-state index contributed by atoms with van der Waals surface area (Å²) in [6.45, 7) is 4.64. The smallest absolute Gasteiger partial charge is 0.248 e. The molecule has 0 bridgehead atoms. The van der Waals surface area contributed by atoms with Crippen LogP contribution in [0.3, 0.4) is 0 Å². The van der Waals surface area contributed by atoms with Crippen molar-refractivity contribution in [3.8, 4) is 11.3 Å². The lowest BCUT2D eigenvalue weighted by Gasteiger charge is -2.25. The Morgan fingerprint density at radius 2 is 1.89 bits per heavy atom. The van der Waals surface area contributed by atoms with Crippen LogP contribution >= 0.6 is 0 Å². The van der Waals surface area contributed by atoms with E-state index in [9.17, 15) is 9.18 Å². The number of carbonyl (C=O) groups is 1. The van der Waals surface area contributed by atoms with Crippen LogP contribution < -0.4 is 11.1 Å². The lowest BCUT2D eigenvalue weighted by molar-refractivity contribution is 0.100. The second-order valence-electron chi connectivity index (χ2n) is 6.86. The first kappa shape index (κ1) is 18.4. The maximum Gasteiger partial charge on any atom is 0.248 e. The minimum atomic E-state index is -0.501. The molecule has 0 radical (unpaired) electrons. The highest BCUT2D eigenvalue weighted by atomic mass is 19.1. The molecule has 3 rings (SSSR count). The van der Waals surface area contributed by atoms with Crippen LogP contribution in [0.1, 0.15) is 29.8 Å². The summed E-state index contributed by atoms with van der Waals surface area (Å²) in [6, 6.07) is 13.3. The molecule has 0 saturated heterocycles. The van der Waals surface area contributed by atoms with Crippen molar-refractivity contribution in [1.29, 1.82) is 0 Å². The van der Waals surface area contributed by atoms with Crippen LogP contribution in [0.5, 0.6) is 0 Å². The molecule has 0 unspecified atom stereocenters. The molecule has 3 N–H and O–H groups in total. The number of amides is 1. The molecule has 1 heterocycles. The number of benzene rings is 2. The Balaban J connectivity index is 1.70. The Hall–Kier alpha value is -3.35. The molecule has 1 amide bonds. The van der Waals surface area contributed by atoms with Gasteiger partial charge in [0.15, 0.2) is 0 Å². The number of carbonyl (C=O) groups excluding carboxylic acids is 1. The Bertz CT molecular complexity index is 939. The van der Waals surface area contributed by atoms with E-state index in [2.05, 4.69) is 20.5 Å². The fraction of sp³-hybridized carbons (Fsp3) is 0.200. The summed E-state index contributed by atoms with van der Waals surface area (Å²) < 4.78 is 13.1. The van der Waals surface area contributed by atoms with Crippen molar-refractivity contribution in [3.05, 3.63) is 71.7 Å². The highest BCUT2D eigenvalue weighted by Gasteiger charge is 2.21. The Morgan fingerprint density at radius 3 is 2.52 bits per heavy atom. The molecule has 1 aromatic heterocycles. The summed E-state index contributed by atoms with van der Waals surface area (Å²) in [4.78, 5) is 15.6. The van der Waals surface area contributed by atoms with Crippen molar-refractivity contribution in [2.75, 3.05) is 11.9 Å². The SMILES string of the molecule is CC(C)(CNc1ncc(-c2cccc(C(N)=O)c2)nn1)c1ccc(F)cc1. The molecular weight excluding hydrogens is 345 g/mol. The average Bonchev–Trinajstić information content (AvgIpc) is 2.67. The first-order valence-corrected chi connectivity index (χ1v) is 8.45. The van der Waals surface area contributed by atoms with Crippen LogP contribution in [0.4, 0.5) is 10.3 Å². The molecule has 0 aliphatic rings. The molecule has 6 nitrogen and oxygen atoms in total. The van der Waals surface area contributed by atoms with Gasteiger partial charge >= 0.3 is 0 Å². The topological polar surface area (TPSA) is 93.8 Å². The first-order chi connectivity index (χ1) is 12.8. The van der Waals surface area contributed by atoms with Gasteiger partial charge < -0.3 is 11.1 Å². The van der Waals surface area contributed by atoms with Crippen LogP contribution in [-0.4, -0.2) is 27.6 Å². The van der Waals surface area contributed by atoms with E-state index in [-0.39, 0.29) is 11.2 Å². The number of hydrogen-bond acceptors (Lipinski definition) is 5. The second-order valence-corrected chi connectivity index (χ2v) is 6.86. The molecule has 0 spiro atoms. The highest BCUT2D eigenvalue weighted by Crippen LogP contribution is 2.24. The number of nitrogens with zero attached hydrogens (tertiary/aromatic N) is 3. The normalized spacial score (nSPS) is 11.2. The Morgan fingerprint density at radius 1 is 1.15 bits per heavy atom. The fourth-order valence-corrected chi connectivity index (χ4v) is 2.62. The number of anilines is 1. The van der Waals surface area contributed by atoms with Crippen molar-refractivity contribution in [1.82, 2.24) is 15.2 Å². The third-order valence-electron chi connectivity index (χ3n) is 4.32. The van der Waals surface area contributed by atoms with Gasteiger partial charge in [-0.2, -0.15) is 0 Å². The van der Waals surface area contributed by atoms with Crippen LogP contribution in [0.15, 0.2) is 54.7 Å². The standard InChI is InChI=1S/C20H20FN5O/c1-20(2,15-6-8-16(21)9-7-15)12-24-19-23-11-17(25-26-19)13-4-3-5-14(10-13)18(22)27/h3-11H,12H2,1-2H3,(H2,22,27)(H,23,24,26). The van der Waals surface area contributed by atoms with Gasteiger partial charge in [-0.25, -0.2) is 9.37 Å². The quantitative estimate of drug-likeness (QED) is 0.700. The van der Waals surface area contributed by atoms with Crippen molar-refractivity contribution in [2.24, 2.45) is 5.73 Å². The number of aromatic nitrogens is 3. The van der Waals surface area contributed by atoms with Crippen LogP contribution in [0, 0.1) is 5.82 Å². The van der Waals surface area contributed by atoms with E-state index in [0.29, 0.717) is 29.3 Å². The van der Waals surface area contributed by atoms with E-state index in [1.54, 1.807) is 36.5 Å². The number of rotatable bonds is 6. The largest absolute Gasteiger partial charge is 0.366 e. The van der Waals surface area contributed by atoms with Gasteiger partial charge in [0.05, 0.1) is 6.20 Å². The van der Waals surface area contributed by atoms with E-state index < -0.39 is 5.91 Å². The summed E-state index contributed by atoms with van der Waals surface area (Å²) in [5.41, 5.74) is 7.72. The summed E-state index contributed by atoms with van der Waals surface area (Å²) in [6.07, 6.45) is 1.58. The maximum absolute atomic E-state index is 13.1. The van der Waals surface area contributed by atoms with Crippen LogP contribution in [0.25, 0.3) is 11.3 Å². The van der Waals surface area contributed by atoms with Gasteiger partial charge in [0.25, 0.3) is 0 Å². The van der Waals surface area contributed by atoms with Crippen LogP contribution in [-0.2, 0) is 5.41 Å². The molecule has 2 aromatic carbocycles. The molecule has 3 aromatic rings. The van der Waals surface area contributed by atoms with E-state index in [1.165, 1.54) is 12.1 Å². The first-order valence-electron chi connectivity index (χ1n) is 8.45. The summed E-state index contributed by atoms with van der Waals surface area (Å²) in [5.74, 6) is -0.370. The number of hydrogen-bond donors (Lipinski definition) is 2. The molecule has 0 atom stereocenters. The number of primary amides is 1. The lowest BCUT2D eigenvalue weighted by Crippen LogP contribution is -2.28. The summed E-state index contributed by atoms with van der Waals surface area (Å²) >= 11 is 0. The predicted molar refractivity (Wildman–Crippen MR) is 102 cm³/mol. The average molecular weight is 365 g/mol. The number of halogens is 1. The molecule has 0 fully saturated rings. The van der Waals surface area contributed by atoms with Gasteiger partial charge in [0.1, 0.15) is 11.5 Å². The van der Waals surface area contributed by atoms with E-state index in [4.69, 9.17) is 5.73 Å². The van der Waals surface area contributed by atoms with E-state index in [0.717, 1.165) is 5.56 Å².